The molecule has 3 rings (SSSR count). The van der Waals surface area contributed by atoms with Crippen molar-refractivity contribution < 1.29 is 18.8 Å². The molecule has 4 nitrogen and oxygen atoms in total. The zero-order valence-corrected chi connectivity index (χ0v) is 14.0. The van der Waals surface area contributed by atoms with Crippen LogP contribution in [0.25, 0.3) is 0 Å². The van der Waals surface area contributed by atoms with Crippen molar-refractivity contribution >= 4 is 5.78 Å². The zero-order valence-electron chi connectivity index (χ0n) is 14.0. The van der Waals surface area contributed by atoms with Gasteiger partial charge in [0.1, 0.15) is 11.8 Å². The van der Waals surface area contributed by atoms with Crippen LogP contribution in [0.5, 0.6) is 11.5 Å². The van der Waals surface area contributed by atoms with Gasteiger partial charge in [0.05, 0.1) is 46.7 Å². The summed E-state index contributed by atoms with van der Waals surface area (Å²) in [4.78, 5) is 12.4. The van der Waals surface area contributed by atoms with Gasteiger partial charge in [0, 0.05) is 12.0 Å². The Kier molecular flexibility index (Phi) is 3.89. The summed E-state index contributed by atoms with van der Waals surface area (Å²) < 4.78 is 11.9. The van der Waals surface area contributed by atoms with Gasteiger partial charge in [-0.25, -0.2) is 0 Å². The molecule has 0 unspecified atom stereocenters. The number of rotatable bonds is 3. The lowest BCUT2D eigenvalue weighted by Crippen LogP contribution is -2.58. The van der Waals surface area contributed by atoms with Crippen molar-refractivity contribution in [3.63, 3.8) is 0 Å². The van der Waals surface area contributed by atoms with Crippen LogP contribution in [0, 0.1) is 5.92 Å². The zero-order chi connectivity index (χ0) is 15.9. The molecule has 2 aliphatic rings. The summed E-state index contributed by atoms with van der Waals surface area (Å²) in [6, 6.07) is 4.45. The predicted molar refractivity (Wildman–Crippen MR) is 85.3 cm³/mol. The van der Waals surface area contributed by atoms with Gasteiger partial charge in [0.25, 0.3) is 0 Å². The molecule has 1 aromatic rings. The minimum atomic E-state index is 0.225. The number of hydrogen-bond acceptors (Lipinski definition) is 3. The maximum Gasteiger partial charge on any atom is 0.161 e. The molecule has 1 aromatic carbocycles. The van der Waals surface area contributed by atoms with E-state index in [2.05, 4.69) is 26.1 Å². The van der Waals surface area contributed by atoms with E-state index in [9.17, 15) is 4.79 Å². The fourth-order valence-electron chi connectivity index (χ4n) is 4.20. The summed E-state index contributed by atoms with van der Waals surface area (Å²) in [7, 11) is 5.64. The number of benzene rings is 1. The van der Waals surface area contributed by atoms with E-state index in [1.54, 1.807) is 14.2 Å². The van der Waals surface area contributed by atoms with Gasteiger partial charge in [-0.1, -0.05) is 6.92 Å². The largest absolute Gasteiger partial charge is 0.493 e. The fraction of sp³-hybridized carbons (Fsp3) is 0.611. The second-order valence-electron chi connectivity index (χ2n) is 6.83. The number of Topliss-reactive ketones (excluding diaryl/α,β-unsaturated/α-hetero) is 1. The van der Waals surface area contributed by atoms with Gasteiger partial charge < -0.3 is 14.0 Å². The van der Waals surface area contributed by atoms with E-state index in [-0.39, 0.29) is 12.0 Å². The Morgan fingerprint density at radius 3 is 2.55 bits per heavy atom. The minimum Gasteiger partial charge on any atom is -0.493 e. The van der Waals surface area contributed by atoms with E-state index in [1.807, 2.05) is 0 Å². The number of nitrogens with zero attached hydrogens (tertiary/aromatic N) is 1. The first-order valence-corrected chi connectivity index (χ1v) is 8.14. The first-order chi connectivity index (χ1) is 10.5. The van der Waals surface area contributed by atoms with E-state index in [0.29, 0.717) is 12.2 Å². The van der Waals surface area contributed by atoms with E-state index in [0.717, 1.165) is 41.9 Å². The van der Waals surface area contributed by atoms with Crippen molar-refractivity contribution in [2.45, 2.75) is 32.2 Å². The second-order valence-corrected chi connectivity index (χ2v) is 6.83. The molecule has 3 atom stereocenters. The van der Waals surface area contributed by atoms with Crippen LogP contribution < -0.4 is 9.47 Å². The van der Waals surface area contributed by atoms with Crippen LogP contribution in [0.2, 0.25) is 0 Å². The van der Waals surface area contributed by atoms with Crippen molar-refractivity contribution in [3.05, 3.63) is 23.3 Å². The molecule has 0 saturated carbocycles. The van der Waals surface area contributed by atoms with Crippen molar-refractivity contribution in [1.29, 1.82) is 0 Å². The monoisotopic (exact) mass is 304 g/mol. The molecule has 0 aliphatic carbocycles. The van der Waals surface area contributed by atoms with Gasteiger partial charge >= 0.3 is 0 Å². The van der Waals surface area contributed by atoms with Crippen LogP contribution in [0.4, 0.5) is 0 Å². The van der Waals surface area contributed by atoms with Crippen LogP contribution >= 0.6 is 0 Å². The summed E-state index contributed by atoms with van der Waals surface area (Å²) in [6.07, 6.45) is 2.64. The van der Waals surface area contributed by atoms with Gasteiger partial charge in [0.15, 0.2) is 11.5 Å². The Bertz CT molecular complexity index is 598. The van der Waals surface area contributed by atoms with Crippen LogP contribution in [0.15, 0.2) is 12.1 Å². The van der Waals surface area contributed by atoms with E-state index >= 15 is 0 Å². The quantitative estimate of drug-likeness (QED) is 0.806. The van der Waals surface area contributed by atoms with Crippen molar-refractivity contribution in [2.24, 2.45) is 5.92 Å². The lowest BCUT2D eigenvalue weighted by Gasteiger charge is -2.50. The van der Waals surface area contributed by atoms with Crippen LogP contribution in [-0.4, -0.2) is 44.6 Å². The number of ether oxygens (including phenoxy) is 2. The van der Waals surface area contributed by atoms with Crippen LogP contribution in [0.1, 0.15) is 36.9 Å². The highest BCUT2D eigenvalue weighted by Gasteiger charge is 2.47. The van der Waals surface area contributed by atoms with E-state index in [1.165, 1.54) is 11.1 Å². The summed E-state index contributed by atoms with van der Waals surface area (Å²) in [5.74, 6) is 2.19. The number of likely N-dealkylation sites (N-methyl/N-ethyl adjacent to an activating group) is 1. The average molecular weight is 304 g/mol. The lowest BCUT2D eigenvalue weighted by molar-refractivity contribution is -0.945. The SMILES string of the molecule is CC[C@@H]1C[N@+]2(C)CCc3cc(OC)c(OC)cc3[C@@H]2CC1=O. The third-order valence-corrected chi connectivity index (χ3v) is 5.63. The molecule has 0 radical (unpaired) electrons. The van der Waals surface area contributed by atoms with Gasteiger partial charge in [-0.05, 0) is 24.1 Å². The Morgan fingerprint density at radius 2 is 1.91 bits per heavy atom. The Morgan fingerprint density at radius 1 is 1.23 bits per heavy atom. The molecule has 1 fully saturated rings. The number of fused-ring (bicyclic) bond motifs is 3. The maximum absolute atomic E-state index is 12.4. The number of hydrogen-bond donors (Lipinski definition) is 0. The van der Waals surface area contributed by atoms with Gasteiger partial charge in [-0.15, -0.1) is 0 Å². The molecule has 1 saturated heterocycles. The first-order valence-electron chi connectivity index (χ1n) is 8.14. The predicted octanol–water partition coefficient (Wildman–Crippen LogP) is 2.75. The molecule has 0 N–H and O–H groups in total. The number of methoxy groups -OCH3 is 2. The molecule has 22 heavy (non-hydrogen) atoms. The summed E-state index contributed by atoms with van der Waals surface area (Å²) in [5.41, 5.74) is 2.58. The van der Waals surface area contributed by atoms with E-state index < -0.39 is 0 Å². The molecule has 0 amide bonds. The molecular weight excluding hydrogens is 278 g/mol. The molecule has 2 aliphatic heterocycles. The van der Waals surface area contributed by atoms with E-state index in [4.69, 9.17) is 9.47 Å². The molecule has 2 heterocycles. The smallest absolute Gasteiger partial charge is 0.161 e. The summed E-state index contributed by atoms with van der Waals surface area (Å²) in [5, 5.41) is 0. The average Bonchev–Trinajstić information content (AvgIpc) is 2.53. The van der Waals surface area contributed by atoms with Crippen molar-refractivity contribution in [1.82, 2.24) is 0 Å². The fourth-order valence-corrected chi connectivity index (χ4v) is 4.20. The maximum atomic E-state index is 12.4. The lowest BCUT2D eigenvalue weighted by atomic mass is 9.79. The second kappa shape index (κ2) is 5.58. The van der Waals surface area contributed by atoms with Gasteiger partial charge in [-0.3, -0.25) is 4.79 Å². The number of carbonyl (C=O) groups is 1. The number of carbonyl (C=O) groups excluding carboxylic acids is 1. The van der Waals surface area contributed by atoms with Crippen molar-refractivity contribution in [2.75, 3.05) is 34.4 Å². The Hall–Kier alpha value is -1.55. The van der Waals surface area contributed by atoms with Gasteiger partial charge in [0.2, 0.25) is 0 Å². The molecule has 0 bridgehead atoms. The van der Waals surface area contributed by atoms with Crippen LogP contribution in [-0.2, 0) is 11.2 Å². The first kappa shape index (κ1) is 15.3. The Balaban J connectivity index is 2.04. The molecule has 0 aromatic heterocycles. The topological polar surface area (TPSA) is 35.5 Å². The number of quaternary nitrogens is 1. The Labute approximate surface area is 132 Å². The highest BCUT2D eigenvalue weighted by Crippen LogP contribution is 2.45. The molecule has 120 valence electrons. The number of ketones is 1. The standard InChI is InChI=1S/C18H26NO3/c1-5-12-11-19(2)7-6-13-8-17(21-3)18(22-4)9-14(13)15(19)10-16(12)20/h8-9,12,15H,5-7,10-11H2,1-4H3/q+1/t12-,15+,19+/m1/s1. The highest BCUT2D eigenvalue weighted by atomic mass is 16.5. The minimum absolute atomic E-state index is 0.225. The summed E-state index contributed by atoms with van der Waals surface area (Å²) >= 11 is 0. The molecule has 0 spiro atoms. The van der Waals surface area contributed by atoms with Crippen molar-refractivity contribution in [3.8, 4) is 11.5 Å². The number of piperidine rings is 1. The molecular formula is C18H26NO3+. The van der Waals surface area contributed by atoms with Crippen LogP contribution in [0.3, 0.4) is 0 Å². The highest BCUT2D eigenvalue weighted by molar-refractivity contribution is 5.82. The third kappa shape index (κ3) is 2.30. The summed E-state index contributed by atoms with van der Waals surface area (Å²) in [6.45, 7) is 4.19. The third-order valence-electron chi connectivity index (χ3n) is 5.63. The molecule has 4 heteroatoms. The normalized spacial score (nSPS) is 30.5. The van der Waals surface area contributed by atoms with Gasteiger partial charge in [-0.2, -0.15) is 0 Å².